The summed E-state index contributed by atoms with van der Waals surface area (Å²) in [6.07, 6.45) is 4.31. The third kappa shape index (κ3) is 4.32. The van der Waals surface area contributed by atoms with Crippen molar-refractivity contribution in [3.63, 3.8) is 0 Å². The first-order valence-electron chi connectivity index (χ1n) is 9.78. The van der Waals surface area contributed by atoms with Crippen LogP contribution in [0.4, 0.5) is 0 Å². The normalized spacial score (nSPS) is 12.2. The van der Waals surface area contributed by atoms with Crippen molar-refractivity contribution in [2.75, 3.05) is 6.61 Å². The zero-order chi connectivity index (χ0) is 20.1. The third-order valence-corrected chi connectivity index (χ3v) is 4.95. The van der Waals surface area contributed by atoms with Crippen molar-refractivity contribution in [1.82, 2.24) is 14.5 Å². The SMILES string of the molecule is CCCc1nc2c(C)ccnc2n1Cc1ccc(OCC(CC)C(=O)O)cc1. The van der Waals surface area contributed by atoms with E-state index in [0.29, 0.717) is 18.7 Å². The minimum atomic E-state index is -0.822. The maximum Gasteiger partial charge on any atom is 0.309 e. The lowest BCUT2D eigenvalue weighted by Crippen LogP contribution is -2.20. The second-order valence-electron chi connectivity index (χ2n) is 7.06. The van der Waals surface area contributed by atoms with E-state index in [1.807, 2.05) is 43.5 Å². The van der Waals surface area contributed by atoms with Gasteiger partial charge >= 0.3 is 5.97 Å². The molecular formula is C22H27N3O3. The maximum atomic E-state index is 11.1. The summed E-state index contributed by atoms with van der Waals surface area (Å²) >= 11 is 0. The Morgan fingerprint density at radius 2 is 1.96 bits per heavy atom. The maximum absolute atomic E-state index is 11.1. The number of benzene rings is 1. The summed E-state index contributed by atoms with van der Waals surface area (Å²) < 4.78 is 7.83. The smallest absolute Gasteiger partial charge is 0.309 e. The molecule has 1 unspecified atom stereocenters. The van der Waals surface area contributed by atoms with Gasteiger partial charge in [0.1, 0.15) is 23.7 Å². The van der Waals surface area contributed by atoms with Crippen molar-refractivity contribution in [3.05, 3.63) is 53.5 Å². The number of hydrogen-bond donors (Lipinski definition) is 1. The fourth-order valence-electron chi connectivity index (χ4n) is 3.20. The van der Waals surface area contributed by atoms with Crippen molar-refractivity contribution in [1.29, 1.82) is 0 Å². The molecule has 3 aromatic rings. The Hall–Kier alpha value is -2.89. The summed E-state index contributed by atoms with van der Waals surface area (Å²) in [6, 6.07) is 9.79. The Bertz CT molecular complexity index is 948. The van der Waals surface area contributed by atoms with Gasteiger partial charge in [0, 0.05) is 12.6 Å². The van der Waals surface area contributed by atoms with Crippen LogP contribution < -0.4 is 4.74 Å². The molecule has 2 heterocycles. The molecule has 0 saturated heterocycles. The highest BCUT2D eigenvalue weighted by Gasteiger charge is 2.16. The molecular weight excluding hydrogens is 354 g/mol. The predicted molar refractivity (Wildman–Crippen MR) is 109 cm³/mol. The lowest BCUT2D eigenvalue weighted by molar-refractivity contribution is -0.142. The van der Waals surface area contributed by atoms with E-state index >= 15 is 0 Å². The lowest BCUT2D eigenvalue weighted by atomic mass is 10.1. The molecule has 2 aromatic heterocycles. The van der Waals surface area contributed by atoms with Gasteiger partial charge in [-0.05, 0) is 49.1 Å². The van der Waals surface area contributed by atoms with Gasteiger partial charge in [0.15, 0.2) is 5.65 Å². The van der Waals surface area contributed by atoms with Gasteiger partial charge in [-0.25, -0.2) is 9.97 Å². The fourth-order valence-corrected chi connectivity index (χ4v) is 3.20. The standard InChI is InChI=1S/C22H27N3O3/c1-4-6-19-24-20-15(3)11-12-23-21(20)25(19)13-16-7-9-18(10-8-16)28-14-17(5-2)22(26)27/h7-12,17H,4-6,13-14H2,1-3H3,(H,26,27). The van der Waals surface area contributed by atoms with Crippen LogP contribution in [0, 0.1) is 12.8 Å². The van der Waals surface area contributed by atoms with Crippen molar-refractivity contribution >= 4 is 17.1 Å². The van der Waals surface area contributed by atoms with E-state index < -0.39 is 11.9 Å². The molecule has 0 aliphatic rings. The number of carboxylic acids is 1. The Morgan fingerprint density at radius 1 is 1.21 bits per heavy atom. The molecule has 1 N–H and O–H groups in total. The summed E-state index contributed by atoms with van der Waals surface area (Å²) in [7, 11) is 0. The van der Waals surface area contributed by atoms with Crippen LogP contribution in [-0.4, -0.2) is 32.2 Å². The van der Waals surface area contributed by atoms with Gasteiger partial charge in [-0.1, -0.05) is 26.0 Å². The number of aliphatic carboxylic acids is 1. The first kappa shape index (κ1) is 19.9. The zero-order valence-electron chi connectivity index (χ0n) is 16.7. The Morgan fingerprint density at radius 3 is 2.61 bits per heavy atom. The number of imidazole rings is 1. The minimum absolute atomic E-state index is 0.182. The van der Waals surface area contributed by atoms with Crippen LogP contribution in [0.2, 0.25) is 0 Å². The number of pyridine rings is 1. The molecule has 0 spiro atoms. The number of ether oxygens (including phenoxy) is 1. The molecule has 0 saturated carbocycles. The number of carboxylic acid groups (broad SMARTS) is 1. The minimum Gasteiger partial charge on any atom is -0.493 e. The van der Waals surface area contributed by atoms with Crippen LogP contribution in [0.5, 0.6) is 5.75 Å². The second kappa shape index (κ2) is 8.87. The first-order valence-corrected chi connectivity index (χ1v) is 9.78. The van der Waals surface area contributed by atoms with Crippen LogP contribution in [-0.2, 0) is 17.8 Å². The number of rotatable bonds is 9. The van der Waals surface area contributed by atoms with E-state index in [1.165, 1.54) is 0 Å². The summed E-state index contributed by atoms with van der Waals surface area (Å²) in [5.41, 5.74) is 4.13. The molecule has 3 rings (SSSR count). The predicted octanol–water partition coefficient (Wildman–Crippen LogP) is 4.23. The van der Waals surface area contributed by atoms with Crippen molar-refractivity contribution in [3.8, 4) is 5.75 Å². The molecule has 0 aliphatic heterocycles. The molecule has 28 heavy (non-hydrogen) atoms. The summed E-state index contributed by atoms with van der Waals surface area (Å²) in [4.78, 5) is 20.5. The zero-order valence-corrected chi connectivity index (χ0v) is 16.7. The highest BCUT2D eigenvalue weighted by molar-refractivity contribution is 5.75. The van der Waals surface area contributed by atoms with Crippen LogP contribution in [0.1, 0.15) is 43.6 Å². The van der Waals surface area contributed by atoms with E-state index in [0.717, 1.165) is 41.0 Å². The van der Waals surface area contributed by atoms with Crippen LogP contribution >= 0.6 is 0 Å². The number of nitrogens with zero attached hydrogens (tertiary/aromatic N) is 3. The monoisotopic (exact) mass is 381 g/mol. The van der Waals surface area contributed by atoms with Crippen LogP contribution in [0.15, 0.2) is 36.5 Å². The molecule has 148 valence electrons. The number of fused-ring (bicyclic) bond motifs is 1. The second-order valence-corrected chi connectivity index (χ2v) is 7.06. The number of hydrogen-bond acceptors (Lipinski definition) is 4. The van der Waals surface area contributed by atoms with E-state index in [1.54, 1.807) is 0 Å². The van der Waals surface area contributed by atoms with E-state index in [-0.39, 0.29) is 6.61 Å². The molecule has 1 atom stereocenters. The van der Waals surface area contributed by atoms with Gasteiger partial charge < -0.3 is 14.4 Å². The highest BCUT2D eigenvalue weighted by Crippen LogP contribution is 2.21. The van der Waals surface area contributed by atoms with Gasteiger partial charge in [-0.15, -0.1) is 0 Å². The average Bonchev–Trinajstić information content (AvgIpc) is 3.02. The summed E-state index contributed by atoms with van der Waals surface area (Å²) in [5.74, 6) is 0.425. The highest BCUT2D eigenvalue weighted by atomic mass is 16.5. The van der Waals surface area contributed by atoms with Gasteiger partial charge in [-0.2, -0.15) is 0 Å². The van der Waals surface area contributed by atoms with Gasteiger partial charge in [0.05, 0.1) is 12.5 Å². The Balaban J connectivity index is 1.78. The quantitative estimate of drug-likeness (QED) is 0.600. The van der Waals surface area contributed by atoms with Gasteiger partial charge in [-0.3, -0.25) is 4.79 Å². The molecule has 0 amide bonds. The largest absolute Gasteiger partial charge is 0.493 e. The van der Waals surface area contributed by atoms with Gasteiger partial charge in [0.25, 0.3) is 0 Å². The van der Waals surface area contributed by atoms with Crippen molar-refractivity contribution < 1.29 is 14.6 Å². The Labute approximate surface area is 165 Å². The van der Waals surface area contributed by atoms with E-state index in [9.17, 15) is 4.79 Å². The fraction of sp³-hybridized carbons (Fsp3) is 0.409. The topological polar surface area (TPSA) is 77.2 Å². The molecule has 6 nitrogen and oxygen atoms in total. The molecule has 0 aliphatic carbocycles. The molecule has 6 heteroatoms. The average molecular weight is 381 g/mol. The summed E-state index contributed by atoms with van der Waals surface area (Å²) in [6.45, 7) is 6.93. The lowest BCUT2D eigenvalue weighted by Gasteiger charge is -2.13. The first-order chi connectivity index (χ1) is 13.5. The molecule has 1 aromatic carbocycles. The van der Waals surface area contributed by atoms with Crippen molar-refractivity contribution in [2.45, 2.75) is 46.6 Å². The van der Waals surface area contributed by atoms with Crippen molar-refractivity contribution in [2.24, 2.45) is 5.92 Å². The van der Waals surface area contributed by atoms with Crippen LogP contribution in [0.25, 0.3) is 11.2 Å². The van der Waals surface area contributed by atoms with Gasteiger partial charge in [0.2, 0.25) is 0 Å². The van der Waals surface area contributed by atoms with E-state index in [4.69, 9.17) is 14.8 Å². The number of aryl methyl sites for hydroxylation is 2. The number of aromatic nitrogens is 3. The van der Waals surface area contributed by atoms with E-state index in [2.05, 4.69) is 23.4 Å². The Kier molecular flexibility index (Phi) is 6.29. The molecule has 0 bridgehead atoms. The third-order valence-electron chi connectivity index (χ3n) is 4.95. The summed E-state index contributed by atoms with van der Waals surface area (Å²) in [5, 5.41) is 9.12. The molecule has 0 radical (unpaired) electrons. The molecule has 0 fully saturated rings. The van der Waals surface area contributed by atoms with Crippen LogP contribution in [0.3, 0.4) is 0 Å². The number of carbonyl (C=O) groups is 1.